The van der Waals surface area contributed by atoms with Crippen molar-refractivity contribution in [1.29, 1.82) is 0 Å². The van der Waals surface area contributed by atoms with Crippen LogP contribution in [0.1, 0.15) is 22.7 Å². The van der Waals surface area contributed by atoms with Gasteiger partial charge in [-0.3, -0.25) is 9.59 Å². The molecule has 0 N–H and O–H groups in total. The molecule has 1 atom stereocenters. The van der Waals surface area contributed by atoms with Gasteiger partial charge in [0.05, 0.1) is 31.4 Å². The van der Waals surface area contributed by atoms with Crippen LogP contribution in [-0.4, -0.2) is 31.3 Å². The molecule has 24 heavy (non-hydrogen) atoms. The molecule has 0 amide bonds. The molecule has 1 aliphatic rings. The molecule has 0 radical (unpaired) electrons. The number of methoxy groups -OCH3 is 2. The van der Waals surface area contributed by atoms with Crippen molar-refractivity contribution in [2.24, 2.45) is 5.92 Å². The van der Waals surface area contributed by atoms with Crippen molar-refractivity contribution >= 4 is 23.5 Å². The summed E-state index contributed by atoms with van der Waals surface area (Å²) < 4.78 is 20.3. The molecule has 126 valence electrons. The van der Waals surface area contributed by atoms with Gasteiger partial charge in [0.25, 0.3) is 0 Å². The van der Waals surface area contributed by atoms with Gasteiger partial charge in [-0.15, -0.1) is 0 Å². The molecule has 0 saturated heterocycles. The van der Waals surface area contributed by atoms with Crippen molar-refractivity contribution in [1.82, 2.24) is 5.16 Å². The third-order valence-electron chi connectivity index (χ3n) is 3.90. The van der Waals surface area contributed by atoms with Gasteiger partial charge in [0, 0.05) is 10.6 Å². The van der Waals surface area contributed by atoms with Gasteiger partial charge < -0.3 is 18.7 Å². The fourth-order valence-electron chi connectivity index (χ4n) is 2.79. The molecule has 0 spiro atoms. The van der Waals surface area contributed by atoms with Crippen LogP contribution in [-0.2, 0) is 25.7 Å². The molecule has 2 heterocycles. The molecule has 3 rings (SSSR count). The number of carbonyl (C=O) groups excluding carboxylic acids is 2. The normalized spacial score (nSPS) is 15.8. The molecule has 0 saturated carbocycles. The van der Waals surface area contributed by atoms with Crippen molar-refractivity contribution in [3.8, 4) is 5.75 Å². The number of rotatable bonds is 3. The van der Waals surface area contributed by atoms with Gasteiger partial charge in [-0.05, 0) is 18.2 Å². The summed E-state index contributed by atoms with van der Waals surface area (Å²) in [4.78, 5) is 24.6. The number of halogens is 1. The van der Waals surface area contributed by atoms with E-state index in [0.29, 0.717) is 27.6 Å². The van der Waals surface area contributed by atoms with E-state index < -0.39 is 23.8 Å². The number of benzene rings is 1. The highest BCUT2D eigenvalue weighted by Crippen LogP contribution is 2.43. The maximum atomic E-state index is 12.3. The monoisotopic (exact) mass is 351 g/mol. The van der Waals surface area contributed by atoms with Crippen molar-refractivity contribution in [3.05, 3.63) is 46.3 Å². The highest BCUT2D eigenvalue weighted by atomic mass is 35.5. The lowest BCUT2D eigenvalue weighted by atomic mass is 9.82. The Morgan fingerprint density at radius 2 is 2.00 bits per heavy atom. The number of esters is 2. The molecule has 0 fully saturated rings. The third kappa shape index (κ3) is 2.71. The predicted molar refractivity (Wildman–Crippen MR) is 81.7 cm³/mol. The van der Waals surface area contributed by atoms with E-state index in [1.807, 2.05) is 0 Å². The Kier molecular flexibility index (Phi) is 4.44. The van der Waals surface area contributed by atoms with Crippen LogP contribution in [0.5, 0.6) is 5.75 Å². The lowest BCUT2D eigenvalue weighted by Crippen LogP contribution is -2.33. The number of hydrogen-bond acceptors (Lipinski definition) is 7. The van der Waals surface area contributed by atoms with Gasteiger partial charge in [0.15, 0.2) is 5.92 Å². The largest absolute Gasteiger partial charge is 0.488 e. The molecule has 2 aromatic rings. The zero-order chi connectivity index (χ0) is 17.3. The Morgan fingerprint density at radius 1 is 1.29 bits per heavy atom. The second-order valence-electron chi connectivity index (χ2n) is 5.20. The fourth-order valence-corrected chi connectivity index (χ4v) is 2.97. The second kappa shape index (κ2) is 6.52. The Balaban J connectivity index is 2.23. The van der Waals surface area contributed by atoms with Crippen molar-refractivity contribution in [3.63, 3.8) is 0 Å². The summed E-state index contributed by atoms with van der Waals surface area (Å²) in [5.74, 6) is -3.04. The van der Waals surface area contributed by atoms with E-state index in [0.717, 1.165) is 0 Å². The predicted octanol–water partition coefficient (Wildman–Crippen LogP) is 2.31. The molecule has 0 unspecified atom stereocenters. The first-order valence-electron chi connectivity index (χ1n) is 7.07. The molecule has 1 aromatic carbocycles. The number of nitrogens with zero attached hydrogens (tertiary/aromatic N) is 1. The average molecular weight is 352 g/mol. The summed E-state index contributed by atoms with van der Waals surface area (Å²) in [5.41, 5.74) is 1.58. The average Bonchev–Trinajstić information content (AvgIpc) is 3.00. The SMILES string of the molecule is COC(=O)C(C(=O)OC)[C@H]1c2cc(Cl)ccc2OCc2conc21. The van der Waals surface area contributed by atoms with Gasteiger partial charge in [-0.25, -0.2) is 0 Å². The first kappa shape index (κ1) is 16.3. The van der Waals surface area contributed by atoms with Crippen LogP contribution in [0, 0.1) is 5.92 Å². The maximum absolute atomic E-state index is 12.3. The van der Waals surface area contributed by atoms with Crippen LogP contribution in [0.25, 0.3) is 0 Å². The van der Waals surface area contributed by atoms with Crippen molar-refractivity contribution in [2.45, 2.75) is 12.5 Å². The standard InChI is InChI=1S/C16H14ClNO6/c1-21-15(19)13(16(20)22-2)12-10-5-9(17)3-4-11(10)23-6-8-7-24-18-14(8)12/h3-5,7,12-13H,6H2,1-2H3/t12-/m1/s1. The van der Waals surface area contributed by atoms with Crippen LogP contribution in [0.2, 0.25) is 5.02 Å². The lowest BCUT2D eigenvalue weighted by Gasteiger charge is -2.22. The molecule has 1 aromatic heterocycles. The number of ether oxygens (including phenoxy) is 3. The van der Waals surface area contributed by atoms with E-state index in [1.54, 1.807) is 18.2 Å². The molecule has 0 bridgehead atoms. The van der Waals surface area contributed by atoms with E-state index in [9.17, 15) is 9.59 Å². The maximum Gasteiger partial charge on any atom is 0.321 e. The Bertz CT molecular complexity index is 771. The summed E-state index contributed by atoms with van der Waals surface area (Å²) in [6.07, 6.45) is 1.42. The van der Waals surface area contributed by atoms with E-state index >= 15 is 0 Å². The smallest absolute Gasteiger partial charge is 0.321 e. The fraction of sp³-hybridized carbons (Fsp3) is 0.312. The van der Waals surface area contributed by atoms with Gasteiger partial charge >= 0.3 is 11.9 Å². The summed E-state index contributed by atoms with van der Waals surface area (Å²) in [7, 11) is 2.40. The summed E-state index contributed by atoms with van der Waals surface area (Å²) in [5, 5.41) is 4.40. The van der Waals surface area contributed by atoms with Crippen molar-refractivity contribution in [2.75, 3.05) is 14.2 Å². The molecular weight excluding hydrogens is 338 g/mol. The Morgan fingerprint density at radius 3 is 2.67 bits per heavy atom. The molecule has 8 heteroatoms. The zero-order valence-electron chi connectivity index (χ0n) is 12.9. The molecular formula is C16H14ClNO6. The molecule has 7 nitrogen and oxygen atoms in total. The van der Waals surface area contributed by atoms with Crippen molar-refractivity contribution < 1.29 is 28.3 Å². The molecule has 0 aliphatic carbocycles. The van der Waals surface area contributed by atoms with Gasteiger partial charge in [0.2, 0.25) is 0 Å². The van der Waals surface area contributed by atoms with E-state index in [-0.39, 0.29) is 6.61 Å². The van der Waals surface area contributed by atoms with Gasteiger partial charge in [0.1, 0.15) is 18.6 Å². The summed E-state index contributed by atoms with van der Waals surface area (Å²) in [6.45, 7) is 0.193. The highest BCUT2D eigenvalue weighted by Gasteiger charge is 2.44. The summed E-state index contributed by atoms with van der Waals surface area (Å²) >= 11 is 6.10. The number of hydrogen-bond donors (Lipinski definition) is 0. The summed E-state index contributed by atoms with van der Waals surface area (Å²) in [6, 6.07) is 4.97. The first-order valence-corrected chi connectivity index (χ1v) is 7.45. The second-order valence-corrected chi connectivity index (χ2v) is 5.63. The van der Waals surface area contributed by atoms with Crippen LogP contribution >= 0.6 is 11.6 Å². The van der Waals surface area contributed by atoms with E-state index in [4.69, 9.17) is 30.3 Å². The van der Waals surface area contributed by atoms with E-state index in [2.05, 4.69) is 5.16 Å². The lowest BCUT2D eigenvalue weighted by molar-refractivity contribution is -0.159. The topological polar surface area (TPSA) is 87.9 Å². The minimum absolute atomic E-state index is 0.193. The third-order valence-corrected chi connectivity index (χ3v) is 4.14. The molecule has 1 aliphatic heterocycles. The van der Waals surface area contributed by atoms with E-state index in [1.165, 1.54) is 20.5 Å². The Labute approximate surface area is 142 Å². The van der Waals surface area contributed by atoms with Gasteiger partial charge in [-0.1, -0.05) is 16.8 Å². The van der Waals surface area contributed by atoms with Gasteiger partial charge in [-0.2, -0.15) is 0 Å². The zero-order valence-corrected chi connectivity index (χ0v) is 13.7. The highest BCUT2D eigenvalue weighted by molar-refractivity contribution is 6.30. The number of aromatic nitrogens is 1. The quantitative estimate of drug-likeness (QED) is 0.619. The number of carbonyl (C=O) groups is 2. The first-order chi connectivity index (χ1) is 11.6. The van der Waals surface area contributed by atoms with Crippen LogP contribution < -0.4 is 4.74 Å². The van der Waals surface area contributed by atoms with Crippen LogP contribution in [0.4, 0.5) is 0 Å². The Hall–Kier alpha value is -2.54. The minimum Gasteiger partial charge on any atom is -0.488 e. The number of fused-ring (bicyclic) bond motifs is 2. The van der Waals surface area contributed by atoms with Crippen LogP contribution in [0.3, 0.4) is 0 Å². The minimum atomic E-state index is -1.26. The van der Waals surface area contributed by atoms with Crippen LogP contribution in [0.15, 0.2) is 29.0 Å².